The number of ether oxygens (including phenoxy) is 1. The minimum absolute atomic E-state index is 0.190. The van der Waals surface area contributed by atoms with E-state index in [-0.39, 0.29) is 5.97 Å². The number of piperazine rings is 1. The van der Waals surface area contributed by atoms with E-state index in [1.807, 2.05) is 13.0 Å². The molecule has 0 N–H and O–H groups in total. The summed E-state index contributed by atoms with van der Waals surface area (Å²) >= 11 is 0. The zero-order chi connectivity index (χ0) is 21.6. The van der Waals surface area contributed by atoms with Crippen LogP contribution in [-0.4, -0.2) is 60.5 Å². The maximum Gasteiger partial charge on any atom is 0.337 e. The summed E-state index contributed by atoms with van der Waals surface area (Å²) in [4.78, 5) is 29.4. The second-order valence-corrected chi connectivity index (χ2v) is 9.94. The van der Waals surface area contributed by atoms with Crippen LogP contribution in [-0.2, 0) is 14.3 Å². The summed E-state index contributed by atoms with van der Waals surface area (Å²) < 4.78 is 5.17. The first kappa shape index (κ1) is 22.6. The van der Waals surface area contributed by atoms with Crippen LogP contribution in [0.25, 0.3) is 0 Å². The van der Waals surface area contributed by atoms with Gasteiger partial charge in [0.15, 0.2) is 0 Å². The van der Waals surface area contributed by atoms with Crippen LogP contribution in [0.1, 0.15) is 71.1 Å². The first-order chi connectivity index (χ1) is 15.1. The number of esters is 1. The summed E-state index contributed by atoms with van der Waals surface area (Å²) in [7, 11) is 0. The van der Waals surface area contributed by atoms with Crippen LogP contribution in [0, 0.1) is 17.8 Å². The Hall–Kier alpha value is -1.62. The van der Waals surface area contributed by atoms with Crippen molar-refractivity contribution in [3.63, 3.8) is 0 Å². The van der Waals surface area contributed by atoms with Crippen LogP contribution in [0.2, 0.25) is 0 Å². The number of carbonyl (C=O) groups excluding carboxylic acids is 2. The van der Waals surface area contributed by atoms with Crippen LogP contribution in [0.15, 0.2) is 23.8 Å². The third-order valence-electron chi connectivity index (χ3n) is 8.06. The Morgan fingerprint density at radius 3 is 2.42 bits per heavy atom. The van der Waals surface area contributed by atoms with E-state index in [9.17, 15) is 9.59 Å². The van der Waals surface area contributed by atoms with E-state index in [1.54, 1.807) is 0 Å². The van der Waals surface area contributed by atoms with Crippen molar-refractivity contribution in [3.8, 4) is 0 Å². The van der Waals surface area contributed by atoms with E-state index in [0.717, 1.165) is 57.1 Å². The van der Waals surface area contributed by atoms with Gasteiger partial charge in [-0.3, -0.25) is 9.69 Å². The first-order valence-electron chi connectivity index (χ1n) is 12.7. The Morgan fingerprint density at radius 1 is 1.00 bits per heavy atom. The number of hydrogen-bond acceptors (Lipinski definition) is 4. The lowest BCUT2D eigenvalue weighted by atomic mass is 9.82. The van der Waals surface area contributed by atoms with E-state index in [0.29, 0.717) is 36.7 Å². The minimum Gasteiger partial charge on any atom is -0.462 e. The molecule has 1 heterocycles. The van der Waals surface area contributed by atoms with Crippen molar-refractivity contribution >= 4 is 11.9 Å². The van der Waals surface area contributed by atoms with Gasteiger partial charge in [0.2, 0.25) is 5.91 Å². The molecule has 1 saturated heterocycles. The van der Waals surface area contributed by atoms with Crippen molar-refractivity contribution in [2.45, 2.75) is 77.2 Å². The molecule has 4 rings (SSSR count). The molecule has 0 aromatic carbocycles. The highest BCUT2D eigenvalue weighted by Gasteiger charge is 2.30. The Balaban J connectivity index is 1.16. The summed E-state index contributed by atoms with van der Waals surface area (Å²) in [5, 5.41) is 0. The van der Waals surface area contributed by atoms with E-state index in [1.165, 1.54) is 38.5 Å². The smallest absolute Gasteiger partial charge is 0.337 e. The molecular weight excluding hydrogens is 388 g/mol. The SMILES string of the molecule is CCOC(=O)C1=CC2CCC(CCCC(=O)N3CCN(C4CCC4)CC3)CCC2C=C1. The molecule has 31 heavy (non-hydrogen) atoms. The summed E-state index contributed by atoms with van der Waals surface area (Å²) in [6.07, 6.45) is 18.1. The molecule has 0 aromatic rings. The molecule has 0 radical (unpaired) electrons. The molecule has 2 saturated carbocycles. The third kappa shape index (κ3) is 5.79. The first-order valence-corrected chi connectivity index (χ1v) is 12.7. The van der Waals surface area contributed by atoms with Crippen molar-refractivity contribution in [2.24, 2.45) is 17.8 Å². The molecule has 4 aliphatic rings. The standard InChI is InChI=1S/C26H40N2O3/c1-2-31-26(30)23-14-13-21-11-9-20(10-12-22(21)19-23)5-3-8-25(29)28-17-15-27(16-18-28)24-6-4-7-24/h13-14,19-22,24H,2-12,15-18H2,1H3. The normalized spacial score (nSPS) is 29.5. The van der Waals surface area contributed by atoms with Crippen LogP contribution < -0.4 is 0 Å². The summed E-state index contributed by atoms with van der Waals surface area (Å²) in [5.74, 6) is 1.90. The van der Waals surface area contributed by atoms with Gasteiger partial charge in [0.25, 0.3) is 0 Å². The van der Waals surface area contributed by atoms with Gasteiger partial charge in [0.1, 0.15) is 0 Å². The Morgan fingerprint density at radius 2 is 1.74 bits per heavy atom. The van der Waals surface area contributed by atoms with Crippen molar-refractivity contribution < 1.29 is 14.3 Å². The number of rotatable bonds is 7. The van der Waals surface area contributed by atoms with Crippen LogP contribution in [0.3, 0.4) is 0 Å². The van der Waals surface area contributed by atoms with Gasteiger partial charge >= 0.3 is 5.97 Å². The molecule has 1 aliphatic heterocycles. The second-order valence-electron chi connectivity index (χ2n) is 9.94. The van der Waals surface area contributed by atoms with Crippen LogP contribution in [0.4, 0.5) is 0 Å². The molecular formula is C26H40N2O3. The Kier molecular flexibility index (Phi) is 7.86. The molecule has 1 amide bonds. The zero-order valence-electron chi connectivity index (χ0n) is 19.3. The average molecular weight is 429 g/mol. The van der Waals surface area contributed by atoms with Crippen molar-refractivity contribution in [1.82, 2.24) is 9.80 Å². The third-order valence-corrected chi connectivity index (χ3v) is 8.06. The van der Waals surface area contributed by atoms with Gasteiger partial charge in [0, 0.05) is 38.6 Å². The topological polar surface area (TPSA) is 49.9 Å². The van der Waals surface area contributed by atoms with E-state index < -0.39 is 0 Å². The molecule has 0 bridgehead atoms. The van der Waals surface area contributed by atoms with E-state index in [2.05, 4.69) is 22.0 Å². The highest BCUT2D eigenvalue weighted by molar-refractivity contribution is 5.91. The minimum atomic E-state index is -0.190. The predicted molar refractivity (Wildman–Crippen MR) is 122 cm³/mol. The van der Waals surface area contributed by atoms with Gasteiger partial charge in [-0.05, 0) is 76.0 Å². The summed E-state index contributed by atoms with van der Waals surface area (Å²) in [6, 6.07) is 0.800. The molecule has 0 spiro atoms. The lowest BCUT2D eigenvalue weighted by Crippen LogP contribution is -2.53. The van der Waals surface area contributed by atoms with Crippen molar-refractivity contribution in [3.05, 3.63) is 23.8 Å². The number of fused-ring (bicyclic) bond motifs is 1. The fraction of sp³-hybridized carbons (Fsp3) is 0.769. The van der Waals surface area contributed by atoms with Crippen LogP contribution in [0.5, 0.6) is 0 Å². The molecule has 5 heteroatoms. The fourth-order valence-corrected chi connectivity index (χ4v) is 5.82. The highest BCUT2D eigenvalue weighted by Crippen LogP contribution is 2.38. The fourth-order valence-electron chi connectivity index (χ4n) is 5.82. The van der Waals surface area contributed by atoms with Gasteiger partial charge in [-0.15, -0.1) is 0 Å². The van der Waals surface area contributed by atoms with Gasteiger partial charge in [0.05, 0.1) is 12.2 Å². The van der Waals surface area contributed by atoms with E-state index >= 15 is 0 Å². The highest BCUT2D eigenvalue weighted by atomic mass is 16.5. The maximum atomic E-state index is 12.7. The maximum absolute atomic E-state index is 12.7. The molecule has 3 unspecified atom stereocenters. The number of allylic oxidation sites excluding steroid dienone is 2. The lowest BCUT2D eigenvalue weighted by Gasteiger charge is -2.43. The zero-order valence-corrected chi connectivity index (χ0v) is 19.3. The van der Waals surface area contributed by atoms with Gasteiger partial charge in [-0.2, -0.15) is 0 Å². The monoisotopic (exact) mass is 428 g/mol. The van der Waals surface area contributed by atoms with E-state index in [4.69, 9.17) is 4.74 Å². The average Bonchev–Trinajstić information content (AvgIpc) is 2.95. The van der Waals surface area contributed by atoms with Crippen molar-refractivity contribution in [1.29, 1.82) is 0 Å². The number of nitrogens with zero attached hydrogens (tertiary/aromatic N) is 2. The molecule has 3 atom stereocenters. The Bertz CT molecular complexity index is 689. The van der Waals surface area contributed by atoms with Crippen LogP contribution >= 0.6 is 0 Å². The lowest BCUT2D eigenvalue weighted by molar-refractivity contribution is -0.138. The molecule has 172 valence electrons. The summed E-state index contributed by atoms with van der Waals surface area (Å²) in [5.41, 5.74) is 0.726. The quantitative estimate of drug-likeness (QED) is 0.566. The summed E-state index contributed by atoms with van der Waals surface area (Å²) in [6.45, 7) is 6.25. The van der Waals surface area contributed by atoms with Gasteiger partial charge < -0.3 is 9.64 Å². The predicted octanol–water partition coefficient (Wildman–Crippen LogP) is 4.34. The second kappa shape index (κ2) is 10.8. The molecule has 5 nitrogen and oxygen atoms in total. The molecule has 3 aliphatic carbocycles. The molecule has 0 aromatic heterocycles. The number of hydrogen-bond donors (Lipinski definition) is 0. The number of carbonyl (C=O) groups is 2. The number of amides is 1. The van der Waals surface area contributed by atoms with Crippen molar-refractivity contribution in [2.75, 3.05) is 32.8 Å². The molecule has 3 fully saturated rings. The van der Waals surface area contributed by atoms with Gasteiger partial charge in [-0.1, -0.05) is 24.6 Å². The van der Waals surface area contributed by atoms with Gasteiger partial charge in [-0.25, -0.2) is 4.79 Å². The Labute approximate surface area is 187 Å². The largest absolute Gasteiger partial charge is 0.462 e.